The van der Waals surface area contributed by atoms with Gasteiger partial charge in [0, 0.05) is 30.2 Å². The molecule has 2 aromatic heterocycles. The molecule has 6 heteroatoms. The van der Waals surface area contributed by atoms with E-state index in [-0.39, 0.29) is 6.04 Å². The van der Waals surface area contributed by atoms with E-state index in [0.717, 1.165) is 31.2 Å². The van der Waals surface area contributed by atoms with Crippen molar-refractivity contribution in [2.45, 2.75) is 26.3 Å². The highest BCUT2D eigenvalue weighted by atomic mass is 16.3. The van der Waals surface area contributed by atoms with Crippen LogP contribution in [0.3, 0.4) is 0 Å². The number of rotatable bonds is 8. The molecular formula is C22H31N5O. The number of guanidine groups is 1. The second-order valence-corrected chi connectivity index (χ2v) is 7.25. The van der Waals surface area contributed by atoms with Gasteiger partial charge in [0.2, 0.25) is 0 Å². The van der Waals surface area contributed by atoms with E-state index in [9.17, 15) is 0 Å². The molecule has 3 N–H and O–H groups in total. The lowest BCUT2D eigenvalue weighted by Gasteiger charge is -2.21. The monoisotopic (exact) mass is 381 g/mol. The van der Waals surface area contributed by atoms with E-state index >= 15 is 0 Å². The van der Waals surface area contributed by atoms with Crippen LogP contribution in [0.1, 0.15) is 29.9 Å². The van der Waals surface area contributed by atoms with E-state index in [0.29, 0.717) is 6.54 Å². The Balaban J connectivity index is 1.61. The van der Waals surface area contributed by atoms with E-state index in [1.54, 1.807) is 6.26 Å². The van der Waals surface area contributed by atoms with Crippen molar-refractivity contribution in [2.24, 2.45) is 4.99 Å². The van der Waals surface area contributed by atoms with Crippen LogP contribution in [0.15, 0.2) is 52.2 Å². The van der Waals surface area contributed by atoms with E-state index < -0.39 is 0 Å². The third kappa shape index (κ3) is 4.95. The van der Waals surface area contributed by atoms with Crippen LogP contribution in [0.5, 0.6) is 0 Å². The number of furan rings is 1. The number of nitrogens with one attached hydrogen (secondary N) is 3. The maximum atomic E-state index is 5.57. The minimum atomic E-state index is 0.113. The minimum absolute atomic E-state index is 0.113. The molecule has 0 aliphatic heterocycles. The van der Waals surface area contributed by atoms with Gasteiger partial charge in [-0.1, -0.05) is 12.1 Å². The first-order valence-corrected chi connectivity index (χ1v) is 9.87. The van der Waals surface area contributed by atoms with Crippen molar-refractivity contribution in [3.05, 3.63) is 59.7 Å². The number of aromatic amines is 1. The van der Waals surface area contributed by atoms with Crippen LogP contribution >= 0.6 is 0 Å². The second kappa shape index (κ2) is 9.46. The summed E-state index contributed by atoms with van der Waals surface area (Å²) < 4.78 is 5.57. The van der Waals surface area contributed by atoms with Crippen molar-refractivity contribution < 1.29 is 4.42 Å². The molecule has 1 aromatic carbocycles. The Bertz CT molecular complexity index is 895. The van der Waals surface area contributed by atoms with Crippen molar-refractivity contribution in [1.82, 2.24) is 20.5 Å². The lowest BCUT2D eigenvalue weighted by Crippen LogP contribution is -2.39. The van der Waals surface area contributed by atoms with E-state index in [1.807, 2.05) is 26.2 Å². The summed E-state index contributed by atoms with van der Waals surface area (Å²) in [7, 11) is 4.09. The molecule has 150 valence electrons. The van der Waals surface area contributed by atoms with Gasteiger partial charge >= 0.3 is 0 Å². The molecule has 28 heavy (non-hydrogen) atoms. The maximum Gasteiger partial charge on any atom is 0.191 e. The summed E-state index contributed by atoms with van der Waals surface area (Å²) >= 11 is 0. The molecule has 1 unspecified atom stereocenters. The molecule has 6 nitrogen and oxygen atoms in total. The van der Waals surface area contributed by atoms with Gasteiger partial charge in [-0.15, -0.1) is 0 Å². The summed E-state index contributed by atoms with van der Waals surface area (Å²) in [6.45, 7) is 6.47. The highest BCUT2D eigenvalue weighted by Gasteiger charge is 2.16. The number of H-pyrrole nitrogens is 1. The largest absolute Gasteiger partial charge is 0.468 e. The fourth-order valence-electron chi connectivity index (χ4n) is 3.33. The Kier molecular flexibility index (Phi) is 6.76. The number of hydrogen-bond acceptors (Lipinski definition) is 3. The Labute approximate surface area is 167 Å². The predicted octanol–water partition coefficient (Wildman–Crippen LogP) is 3.47. The van der Waals surface area contributed by atoms with Gasteiger partial charge in [0.05, 0.1) is 18.8 Å². The van der Waals surface area contributed by atoms with Gasteiger partial charge < -0.3 is 20.0 Å². The van der Waals surface area contributed by atoms with Crippen molar-refractivity contribution in [1.29, 1.82) is 0 Å². The number of hydrogen-bond donors (Lipinski definition) is 3. The topological polar surface area (TPSA) is 68.6 Å². The van der Waals surface area contributed by atoms with Crippen molar-refractivity contribution in [3.8, 4) is 0 Å². The van der Waals surface area contributed by atoms with Crippen LogP contribution in [0, 0.1) is 6.92 Å². The zero-order valence-electron chi connectivity index (χ0n) is 17.2. The Morgan fingerprint density at radius 3 is 2.82 bits per heavy atom. The van der Waals surface area contributed by atoms with Crippen LogP contribution in [-0.2, 0) is 6.42 Å². The lowest BCUT2D eigenvalue weighted by molar-refractivity contribution is 0.265. The molecule has 0 saturated carbocycles. The third-order valence-electron chi connectivity index (χ3n) is 4.87. The number of aromatic nitrogens is 1. The zero-order chi connectivity index (χ0) is 19.9. The third-order valence-corrected chi connectivity index (χ3v) is 4.87. The van der Waals surface area contributed by atoms with Crippen LogP contribution in [0.2, 0.25) is 0 Å². The lowest BCUT2D eigenvalue weighted by atomic mass is 10.1. The molecule has 0 aliphatic carbocycles. The molecule has 0 saturated heterocycles. The smallest absolute Gasteiger partial charge is 0.191 e. The Morgan fingerprint density at radius 2 is 2.11 bits per heavy atom. The first kappa shape index (κ1) is 20.0. The standard InChI is InChI=1S/C22H31N5O/c1-5-23-22(26-15-20(27(3)4)21-7-6-12-28-21)24-11-10-17-14-25-19-13-16(2)8-9-18(17)19/h6-9,12-14,20,25H,5,10-11,15H2,1-4H3,(H2,23,24,26). The number of aryl methyl sites for hydroxylation is 1. The van der Waals surface area contributed by atoms with Crippen LogP contribution < -0.4 is 10.6 Å². The van der Waals surface area contributed by atoms with Gasteiger partial charge in [0.1, 0.15) is 5.76 Å². The molecule has 3 rings (SSSR count). The average Bonchev–Trinajstić information content (AvgIpc) is 3.32. The molecular weight excluding hydrogens is 350 g/mol. The quantitative estimate of drug-likeness (QED) is 0.413. The van der Waals surface area contributed by atoms with Crippen LogP contribution in [0.4, 0.5) is 0 Å². The molecule has 0 fully saturated rings. The van der Waals surface area contributed by atoms with Gasteiger partial charge in [-0.2, -0.15) is 0 Å². The van der Waals surface area contributed by atoms with Gasteiger partial charge in [-0.05, 0) is 63.7 Å². The molecule has 0 aliphatic rings. The number of benzene rings is 1. The SMILES string of the molecule is CCNC(=NCC(c1ccco1)N(C)C)NCCc1c[nH]c2cc(C)ccc12. The molecule has 0 amide bonds. The van der Waals surface area contributed by atoms with E-state index in [4.69, 9.17) is 9.41 Å². The summed E-state index contributed by atoms with van der Waals surface area (Å²) in [4.78, 5) is 10.3. The normalized spacial score (nSPS) is 13.2. The van der Waals surface area contributed by atoms with Crippen molar-refractivity contribution in [3.63, 3.8) is 0 Å². The summed E-state index contributed by atoms with van der Waals surface area (Å²) in [6, 6.07) is 10.6. The summed E-state index contributed by atoms with van der Waals surface area (Å²) in [5, 5.41) is 8.07. The van der Waals surface area contributed by atoms with Gasteiger partial charge in [-0.3, -0.25) is 9.89 Å². The van der Waals surface area contributed by atoms with Crippen molar-refractivity contribution in [2.75, 3.05) is 33.7 Å². The first-order chi connectivity index (χ1) is 13.6. The van der Waals surface area contributed by atoms with Gasteiger partial charge in [0.25, 0.3) is 0 Å². The maximum absolute atomic E-state index is 5.57. The van der Waals surface area contributed by atoms with Gasteiger partial charge in [0.15, 0.2) is 5.96 Å². The highest BCUT2D eigenvalue weighted by Crippen LogP contribution is 2.20. The summed E-state index contributed by atoms with van der Waals surface area (Å²) in [6.07, 6.45) is 4.75. The summed E-state index contributed by atoms with van der Waals surface area (Å²) in [5.74, 6) is 1.76. The van der Waals surface area contributed by atoms with Gasteiger partial charge in [-0.25, -0.2) is 0 Å². The van der Waals surface area contributed by atoms with Crippen LogP contribution in [0.25, 0.3) is 10.9 Å². The second-order valence-electron chi connectivity index (χ2n) is 7.25. The highest BCUT2D eigenvalue weighted by molar-refractivity contribution is 5.84. The molecule has 0 radical (unpaired) electrons. The Hall–Kier alpha value is -2.73. The summed E-state index contributed by atoms with van der Waals surface area (Å²) in [5.41, 5.74) is 3.79. The predicted molar refractivity (Wildman–Crippen MR) is 116 cm³/mol. The number of aliphatic imine (C=N–C) groups is 1. The zero-order valence-corrected chi connectivity index (χ0v) is 17.2. The number of likely N-dealkylation sites (N-methyl/N-ethyl adjacent to an activating group) is 1. The molecule has 2 heterocycles. The Morgan fingerprint density at radius 1 is 1.25 bits per heavy atom. The average molecular weight is 382 g/mol. The molecule has 0 spiro atoms. The van der Waals surface area contributed by atoms with Crippen molar-refractivity contribution >= 4 is 16.9 Å². The fourth-order valence-corrected chi connectivity index (χ4v) is 3.33. The molecule has 1 atom stereocenters. The van der Waals surface area contributed by atoms with Crippen LogP contribution in [-0.4, -0.2) is 49.6 Å². The first-order valence-electron chi connectivity index (χ1n) is 9.87. The minimum Gasteiger partial charge on any atom is -0.468 e. The molecule has 0 bridgehead atoms. The van der Waals surface area contributed by atoms with E-state index in [2.05, 4.69) is 58.8 Å². The number of nitrogens with zero attached hydrogens (tertiary/aromatic N) is 2. The van der Waals surface area contributed by atoms with E-state index in [1.165, 1.54) is 22.0 Å². The number of fused-ring (bicyclic) bond motifs is 1. The molecule has 3 aromatic rings. The fraction of sp³-hybridized carbons (Fsp3) is 0.409.